The third-order valence-electron chi connectivity index (χ3n) is 3.44. The SMILES string of the molecule is O=C(O)CN(CC1CC1)S(=O)(=O)C1CCS(=O)(=O)C1. The van der Waals surface area contributed by atoms with E-state index in [4.69, 9.17) is 5.11 Å². The fourth-order valence-corrected chi connectivity index (χ4v) is 6.75. The van der Waals surface area contributed by atoms with Crippen LogP contribution in [-0.4, -0.2) is 62.1 Å². The average Bonchev–Trinajstić information content (AvgIpc) is 2.99. The standard InChI is InChI=1S/C10H17NO6S2/c12-10(13)6-11(5-8-1-2-8)19(16,17)9-3-4-18(14,15)7-9/h8-9H,1-7H2,(H,12,13). The summed E-state index contributed by atoms with van der Waals surface area (Å²) in [4.78, 5) is 10.8. The van der Waals surface area contributed by atoms with Gasteiger partial charge in [-0.3, -0.25) is 4.79 Å². The van der Waals surface area contributed by atoms with Crippen LogP contribution in [0.1, 0.15) is 19.3 Å². The molecule has 2 fully saturated rings. The number of rotatable bonds is 6. The molecule has 2 rings (SSSR count). The predicted octanol–water partition coefficient (Wildman–Crippen LogP) is -0.700. The third kappa shape index (κ3) is 3.67. The van der Waals surface area contributed by atoms with Crippen molar-refractivity contribution in [3.63, 3.8) is 0 Å². The van der Waals surface area contributed by atoms with Crippen LogP contribution in [0.5, 0.6) is 0 Å². The Morgan fingerprint density at radius 1 is 1.26 bits per heavy atom. The average molecular weight is 311 g/mol. The maximum atomic E-state index is 12.3. The molecule has 1 unspecified atom stereocenters. The number of carboxylic acid groups (broad SMARTS) is 1. The van der Waals surface area contributed by atoms with Crippen LogP contribution >= 0.6 is 0 Å². The molecule has 9 heteroatoms. The number of hydrogen-bond donors (Lipinski definition) is 1. The second kappa shape index (κ2) is 5.02. The minimum atomic E-state index is -3.85. The smallest absolute Gasteiger partial charge is 0.318 e. The van der Waals surface area contributed by atoms with Crippen LogP contribution < -0.4 is 0 Å². The van der Waals surface area contributed by atoms with Gasteiger partial charge in [0, 0.05) is 6.54 Å². The molecule has 0 aromatic heterocycles. The zero-order valence-electron chi connectivity index (χ0n) is 10.4. The van der Waals surface area contributed by atoms with Gasteiger partial charge in [0.15, 0.2) is 9.84 Å². The van der Waals surface area contributed by atoms with Crippen molar-refractivity contribution in [3.8, 4) is 0 Å². The molecule has 1 atom stereocenters. The van der Waals surface area contributed by atoms with Crippen LogP contribution in [0, 0.1) is 5.92 Å². The van der Waals surface area contributed by atoms with Crippen molar-refractivity contribution in [3.05, 3.63) is 0 Å². The molecular formula is C10H17NO6S2. The number of sulfone groups is 1. The molecule has 7 nitrogen and oxygen atoms in total. The first kappa shape index (κ1) is 14.7. The molecule has 1 aliphatic carbocycles. The molecule has 110 valence electrons. The van der Waals surface area contributed by atoms with Gasteiger partial charge in [-0.1, -0.05) is 0 Å². The zero-order chi connectivity index (χ0) is 14.3. The summed E-state index contributed by atoms with van der Waals surface area (Å²) in [5.41, 5.74) is 0. The lowest BCUT2D eigenvalue weighted by Gasteiger charge is -2.23. The first-order valence-corrected chi connectivity index (χ1v) is 9.44. The Kier molecular flexibility index (Phi) is 3.90. The highest BCUT2D eigenvalue weighted by Crippen LogP contribution is 2.32. The number of sulfonamides is 1. The van der Waals surface area contributed by atoms with Crippen molar-refractivity contribution in [2.75, 3.05) is 24.6 Å². The Hall–Kier alpha value is -0.670. The van der Waals surface area contributed by atoms with E-state index in [-0.39, 0.29) is 24.6 Å². The van der Waals surface area contributed by atoms with Gasteiger partial charge >= 0.3 is 5.97 Å². The van der Waals surface area contributed by atoms with Gasteiger partial charge in [0.25, 0.3) is 0 Å². The topological polar surface area (TPSA) is 109 Å². The van der Waals surface area contributed by atoms with E-state index >= 15 is 0 Å². The highest BCUT2D eigenvalue weighted by Gasteiger charge is 2.42. The summed E-state index contributed by atoms with van der Waals surface area (Å²) in [5, 5.41) is 7.81. The fraction of sp³-hybridized carbons (Fsp3) is 0.900. The number of nitrogens with zero attached hydrogens (tertiary/aromatic N) is 1. The second-order valence-corrected chi connectivity index (χ2v) is 9.64. The van der Waals surface area contributed by atoms with E-state index in [9.17, 15) is 21.6 Å². The summed E-state index contributed by atoms with van der Waals surface area (Å²) in [7, 11) is -7.16. The van der Waals surface area contributed by atoms with Crippen molar-refractivity contribution in [1.29, 1.82) is 0 Å². The van der Waals surface area contributed by atoms with Gasteiger partial charge < -0.3 is 5.11 Å². The van der Waals surface area contributed by atoms with Crippen LogP contribution in [0.4, 0.5) is 0 Å². The number of carbonyl (C=O) groups is 1. The van der Waals surface area contributed by atoms with Crippen molar-refractivity contribution >= 4 is 25.8 Å². The number of hydrogen-bond acceptors (Lipinski definition) is 5. The van der Waals surface area contributed by atoms with Gasteiger partial charge in [-0.05, 0) is 25.2 Å². The van der Waals surface area contributed by atoms with E-state index < -0.39 is 43.4 Å². The lowest BCUT2D eigenvalue weighted by Crippen LogP contribution is -2.43. The summed E-state index contributed by atoms with van der Waals surface area (Å²) in [5.74, 6) is -1.53. The minimum absolute atomic E-state index is 0.0610. The first-order valence-electron chi connectivity index (χ1n) is 6.12. The molecule has 1 aliphatic heterocycles. The molecule has 1 saturated carbocycles. The summed E-state index contributed by atoms with van der Waals surface area (Å²) < 4.78 is 48.3. The van der Waals surface area contributed by atoms with Gasteiger partial charge in [-0.25, -0.2) is 16.8 Å². The summed E-state index contributed by atoms with van der Waals surface area (Å²) in [6.07, 6.45) is 1.86. The molecule has 1 heterocycles. The van der Waals surface area contributed by atoms with Crippen LogP contribution in [0.15, 0.2) is 0 Å². The lowest BCUT2D eigenvalue weighted by atomic mass is 10.4. The molecule has 19 heavy (non-hydrogen) atoms. The van der Waals surface area contributed by atoms with Crippen LogP contribution in [0.3, 0.4) is 0 Å². The first-order chi connectivity index (χ1) is 8.71. The van der Waals surface area contributed by atoms with Gasteiger partial charge in [0.1, 0.15) is 6.54 Å². The van der Waals surface area contributed by atoms with E-state index in [1.54, 1.807) is 0 Å². The Morgan fingerprint density at radius 3 is 2.32 bits per heavy atom. The van der Waals surface area contributed by atoms with E-state index in [0.29, 0.717) is 0 Å². The number of carboxylic acids is 1. The van der Waals surface area contributed by atoms with Gasteiger partial charge in [0.05, 0.1) is 16.8 Å². The molecule has 0 radical (unpaired) electrons. The van der Waals surface area contributed by atoms with E-state index in [2.05, 4.69) is 0 Å². The monoisotopic (exact) mass is 311 g/mol. The molecule has 1 N–H and O–H groups in total. The summed E-state index contributed by atoms with van der Waals surface area (Å²) in [6, 6.07) is 0. The van der Waals surface area contributed by atoms with Crippen molar-refractivity contribution in [2.24, 2.45) is 5.92 Å². The van der Waals surface area contributed by atoms with Crippen LogP contribution in [0.2, 0.25) is 0 Å². The molecule has 0 spiro atoms. The van der Waals surface area contributed by atoms with Crippen molar-refractivity contribution < 1.29 is 26.7 Å². The Morgan fingerprint density at radius 2 is 1.89 bits per heavy atom. The highest BCUT2D eigenvalue weighted by molar-refractivity contribution is 7.95. The molecular weight excluding hydrogens is 294 g/mol. The molecule has 2 aliphatic rings. The quantitative estimate of drug-likeness (QED) is 0.695. The fourth-order valence-electron chi connectivity index (χ4n) is 2.20. The van der Waals surface area contributed by atoms with Crippen molar-refractivity contribution in [2.45, 2.75) is 24.5 Å². The second-order valence-electron chi connectivity index (χ2n) is 5.20. The lowest BCUT2D eigenvalue weighted by molar-refractivity contribution is -0.137. The van der Waals surface area contributed by atoms with Crippen LogP contribution in [-0.2, 0) is 24.7 Å². The van der Waals surface area contributed by atoms with Crippen molar-refractivity contribution in [1.82, 2.24) is 4.31 Å². The maximum absolute atomic E-state index is 12.3. The maximum Gasteiger partial charge on any atom is 0.318 e. The Labute approximate surface area is 112 Å². The van der Waals surface area contributed by atoms with E-state index in [1.165, 1.54) is 0 Å². The molecule has 0 aromatic carbocycles. The molecule has 0 bridgehead atoms. The Bertz CT molecular complexity index is 563. The van der Waals surface area contributed by atoms with Gasteiger partial charge in [-0.2, -0.15) is 4.31 Å². The van der Waals surface area contributed by atoms with Gasteiger partial charge in [-0.15, -0.1) is 0 Å². The summed E-state index contributed by atoms with van der Waals surface area (Å²) >= 11 is 0. The number of aliphatic carboxylic acids is 1. The minimum Gasteiger partial charge on any atom is -0.480 e. The molecule has 1 saturated heterocycles. The van der Waals surface area contributed by atoms with E-state index in [1.807, 2.05) is 0 Å². The normalized spacial score (nSPS) is 26.7. The van der Waals surface area contributed by atoms with Gasteiger partial charge in [0.2, 0.25) is 10.0 Å². The predicted molar refractivity (Wildman–Crippen MR) is 67.9 cm³/mol. The molecule has 0 aromatic rings. The molecule has 0 amide bonds. The van der Waals surface area contributed by atoms with Crippen LogP contribution in [0.25, 0.3) is 0 Å². The van der Waals surface area contributed by atoms with E-state index in [0.717, 1.165) is 17.1 Å². The summed E-state index contributed by atoms with van der Waals surface area (Å²) in [6.45, 7) is -0.402. The third-order valence-corrected chi connectivity index (χ3v) is 7.66. The highest BCUT2D eigenvalue weighted by atomic mass is 32.2. The zero-order valence-corrected chi connectivity index (χ0v) is 12.0. The largest absolute Gasteiger partial charge is 0.480 e. The Balaban J connectivity index is 2.15.